The van der Waals surface area contributed by atoms with Gasteiger partial charge in [-0.3, -0.25) is 19.5 Å². The number of benzene rings is 1. The normalized spacial score (nSPS) is 16.6. The molecule has 0 radical (unpaired) electrons. The van der Waals surface area contributed by atoms with Crippen LogP contribution < -0.4 is 0 Å². The minimum Gasteiger partial charge on any atom is -0.396 e. The smallest absolute Gasteiger partial charge is 0.279 e. The average molecular weight is 473 g/mol. The quantitative estimate of drug-likeness (QED) is 0.617. The van der Waals surface area contributed by atoms with Crippen molar-refractivity contribution in [3.05, 3.63) is 52.4 Å². The van der Waals surface area contributed by atoms with Gasteiger partial charge in [0.1, 0.15) is 17.2 Å². The van der Waals surface area contributed by atoms with Crippen LogP contribution in [0.15, 0.2) is 40.5 Å². The van der Waals surface area contributed by atoms with Crippen molar-refractivity contribution in [2.24, 2.45) is 4.99 Å². The van der Waals surface area contributed by atoms with Gasteiger partial charge in [0.15, 0.2) is 0 Å². The standard InChI is InChI=1S/C24H26ClFN4O3/c1-24(2,26)16-6-3-5-15(11-16)22-28-19-12-20(32)29(9-4-10-31)23(33)21(19)30(22)14-18-8-7-17(25)13-27-18/h3,5-6,11,13,31H,4,7-10,12,14H2,1-2H3. The summed E-state index contributed by atoms with van der Waals surface area (Å²) in [6.07, 6.45) is 3.19. The van der Waals surface area contributed by atoms with Crippen molar-refractivity contribution < 1.29 is 19.1 Å². The molecule has 2 aliphatic heterocycles. The lowest BCUT2D eigenvalue weighted by atomic mass is 9.98. The third-order valence-electron chi connectivity index (χ3n) is 5.83. The van der Waals surface area contributed by atoms with Crippen molar-refractivity contribution in [1.82, 2.24) is 14.5 Å². The Balaban J connectivity index is 1.84. The molecule has 0 aliphatic carbocycles. The molecule has 0 unspecified atom stereocenters. The van der Waals surface area contributed by atoms with Gasteiger partial charge in [-0.1, -0.05) is 29.8 Å². The molecule has 1 N–H and O–H groups in total. The summed E-state index contributed by atoms with van der Waals surface area (Å²) < 4.78 is 16.4. The Morgan fingerprint density at radius 3 is 2.70 bits per heavy atom. The van der Waals surface area contributed by atoms with Crippen LogP contribution in [0.25, 0.3) is 11.4 Å². The van der Waals surface area contributed by atoms with Crippen LogP contribution in [0.5, 0.6) is 0 Å². The predicted molar refractivity (Wildman–Crippen MR) is 124 cm³/mol. The Bertz CT molecular complexity index is 1160. The first-order chi connectivity index (χ1) is 15.7. The van der Waals surface area contributed by atoms with Gasteiger partial charge >= 0.3 is 0 Å². The topological polar surface area (TPSA) is 87.8 Å². The van der Waals surface area contributed by atoms with E-state index in [1.807, 2.05) is 6.07 Å². The van der Waals surface area contributed by atoms with Crippen molar-refractivity contribution in [2.75, 3.05) is 13.2 Å². The number of imidazole rings is 1. The Labute approximate surface area is 196 Å². The van der Waals surface area contributed by atoms with E-state index in [1.165, 1.54) is 18.7 Å². The number of aliphatic imine (C=N–C) groups is 1. The second kappa shape index (κ2) is 9.19. The van der Waals surface area contributed by atoms with Crippen LogP contribution >= 0.6 is 11.6 Å². The van der Waals surface area contributed by atoms with E-state index in [-0.39, 0.29) is 25.5 Å². The number of aliphatic hydroxyl groups excluding tert-OH is 1. The first-order valence-corrected chi connectivity index (χ1v) is 11.3. The summed E-state index contributed by atoms with van der Waals surface area (Å²) in [5.41, 5.74) is 1.15. The summed E-state index contributed by atoms with van der Waals surface area (Å²) in [5, 5.41) is 9.84. The first kappa shape index (κ1) is 23.3. The van der Waals surface area contributed by atoms with Crippen LogP contribution in [-0.2, 0) is 23.4 Å². The third kappa shape index (κ3) is 4.77. The highest BCUT2D eigenvalue weighted by Crippen LogP contribution is 2.32. The summed E-state index contributed by atoms with van der Waals surface area (Å²) in [5.74, 6) is -0.305. The number of nitrogens with zero attached hydrogens (tertiary/aromatic N) is 4. The molecule has 0 fully saturated rings. The number of carbonyl (C=O) groups is 2. The summed E-state index contributed by atoms with van der Waals surface area (Å²) in [6, 6.07) is 7.00. The molecule has 3 heterocycles. The zero-order chi connectivity index (χ0) is 23.8. The fourth-order valence-electron chi connectivity index (χ4n) is 4.06. The van der Waals surface area contributed by atoms with Crippen molar-refractivity contribution in [2.45, 2.75) is 51.7 Å². The Morgan fingerprint density at radius 1 is 1.24 bits per heavy atom. The van der Waals surface area contributed by atoms with Crippen molar-refractivity contribution in [3.8, 4) is 11.4 Å². The molecule has 174 valence electrons. The van der Waals surface area contributed by atoms with Gasteiger partial charge in [-0.05, 0) is 44.7 Å². The number of fused-ring (bicyclic) bond motifs is 1. The first-order valence-electron chi connectivity index (χ1n) is 10.9. The molecule has 0 bridgehead atoms. The van der Waals surface area contributed by atoms with Gasteiger partial charge < -0.3 is 9.67 Å². The second-order valence-corrected chi connectivity index (χ2v) is 9.23. The zero-order valence-corrected chi connectivity index (χ0v) is 19.4. The fraction of sp³-hybridized carbons (Fsp3) is 0.417. The Kier molecular flexibility index (Phi) is 6.50. The van der Waals surface area contributed by atoms with Gasteiger partial charge in [0.25, 0.3) is 5.91 Å². The molecule has 4 rings (SSSR count). The van der Waals surface area contributed by atoms with E-state index in [0.717, 1.165) is 5.71 Å². The highest BCUT2D eigenvalue weighted by molar-refractivity contribution is 6.29. The molecule has 33 heavy (non-hydrogen) atoms. The molecule has 2 aliphatic rings. The van der Waals surface area contributed by atoms with E-state index in [2.05, 4.69) is 9.98 Å². The van der Waals surface area contributed by atoms with Crippen LogP contribution in [0, 0.1) is 0 Å². The fourth-order valence-corrected chi connectivity index (χ4v) is 4.20. The van der Waals surface area contributed by atoms with Gasteiger partial charge in [0.05, 0.1) is 18.7 Å². The summed E-state index contributed by atoms with van der Waals surface area (Å²) in [4.78, 5) is 36.2. The summed E-state index contributed by atoms with van der Waals surface area (Å²) in [7, 11) is 0. The number of halogens is 2. The Hall–Kier alpha value is -2.84. The molecule has 0 spiro atoms. The minimum absolute atomic E-state index is 0.0149. The van der Waals surface area contributed by atoms with Crippen LogP contribution in [0.1, 0.15) is 54.9 Å². The summed E-state index contributed by atoms with van der Waals surface area (Å²) in [6.45, 7) is 3.29. The number of aromatic nitrogens is 2. The lowest BCUT2D eigenvalue weighted by Crippen LogP contribution is -2.44. The van der Waals surface area contributed by atoms with Crippen LogP contribution in [0.3, 0.4) is 0 Å². The van der Waals surface area contributed by atoms with Crippen LogP contribution in [-0.4, -0.2) is 50.2 Å². The van der Waals surface area contributed by atoms with Crippen molar-refractivity contribution >= 4 is 29.1 Å². The maximum Gasteiger partial charge on any atom is 0.279 e. The largest absolute Gasteiger partial charge is 0.396 e. The number of rotatable bonds is 7. The van der Waals surface area contributed by atoms with Gasteiger partial charge in [-0.15, -0.1) is 0 Å². The lowest BCUT2D eigenvalue weighted by Gasteiger charge is -2.26. The molecule has 0 saturated carbocycles. The SMILES string of the molecule is CC(C)(F)c1cccc(-c2nc3c(n2CC2=NC=C(Cl)CC2)C(=O)N(CCCO)C(=O)C3)c1. The number of allylic oxidation sites excluding steroid dienone is 1. The molecule has 1 aromatic carbocycles. The van der Waals surface area contributed by atoms with Crippen LogP contribution in [0.4, 0.5) is 4.39 Å². The predicted octanol–water partition coefficient (Wildman–Crippen LogP) is 3.98. The van der Waals surface area contributed by atoms with Gasteiger partial charge in [-0.25, -0.2) is 9.37 Å². The molecule has 7 nitrogen and oxygen atoms in total. The van der Waals surface area contributed by atoms with E-state index in [9.17, 15) is 19.1 Å². The number of imide groups is 1. The zero-order valence-electron chi connectivity index (χ0n) is 18.6. The van der Waals surface area contributed by atoms with E-state index < -0.39 is 11.6 Å². The van der Waals surface area contributed by atoms with E-state index in [0.29, 0.717) is 59.2 Å². The maximum absolute atomic E-state index is 14.6. The monoisotopic (exact) mass is 472 g/mol. The number of carbonyl (C=O) groups excluding carboxylic acids is 2. The highest BCUT2D eigenvalue weighted by atomic mass is 35.5. The highest BCUT2D eigenvalue weighted by Gasteiger charge is 2.36. The maximum atomic E-state index is 14.6. The molecule has 2 amide bonds. The Morgan fingerprint density at radius 2 is 2.03 bits per heavy atom. The van der Waals surface area contributed by atoms with Gasteiger partial charge in [0.2, 0.25) is 5.91 Å². The van der Waals surface area contributed by atoms with Crippen molar-refractivity contribution in [3.63, 3.8) is 0 Å². The molecular formula is C24H26ClFN4O3. The number of amides is 2. The lowest BCUT2D eigenvalue weighted by molar-refractivity contribution is -0.128. The average Bonchev–Trinajstić information content (AvgIpc) is 3.12. The second-order valence-electron chi connectivity index (χ2n) is 8.75. The molecule has 2 aromatic rings. The molecular weight excluding hydrogens is 447 g/mol. The number of alkyl halides is 1. The molecule has 9 heteroatoms. The van der Waals surface area contributed by atoms with Crippen LogP contribution in [0.2, 0.25) is 0 Å². The molecule has 1 aromatic heterocycles. The van der Waals surface area contributed by atoms with Crippen molar-refractivity contribution in [1.29, 1.82) is 0 Å². The van der Waals surface area contributed by atoms with Gasteiger partial charge in [0, 0.05) is 35.7 Å². The van der Waals surface area contributed by atoms with E-state index >= 15 is 0 Å². The van der Waals surface area contributed by atoms with E-state index in [4.69, 9.17) is 11.6 Å². The number of aliphatic hydroxyl groups is 1. The third-order valence-corrected chi connectivity index (χ3v) is 6.12. The summed E-state index contributed by atoms with van der Waals surface area (Å²) >= 11 is 6.05. The number of hydrogen-bond acceptors (Lipinski definition) is 5. The molecule has 0 saturated heterocycles. The van der Waals surface area contributed by atoms with E-state index in [1.54, 1.807) is 29.0 Å². The molecule has 0 atom stereocenters. The number of hydrogen-bond donors (Lipinski definition) is 1. The minimum atomic E-state index is -1.55. The van der Waals surface area contributed by atoms with Gasteiger partial charge in [-0.2, -0.15) is 0 Å².